The quantitative estimate of drug-likeness (QED) is 0.511. The van der Waals surface area contributed by atoms with Gasteiger partial charge in [-0.05, 0) is 0 Å². The number of hydrogen-bond acceptors (Lipinski definition) is 2. The maximum Gasteiger partial charge on any atom is 0.415 e. The first kappa shape index (κ1) is 10.3. The van der Waals surface area contributed by atoms with E-state index in [4.69, 9.17) is 0 Å². The minimum Gasteiger partial charge on any atom is -0.305 e. The Morgan fingerprint density at radius 3 is 2.20 bits per heavy atom. The van der Waals surface area contributed by atoms with E-state index in [-0.39, 0.29) is 0 Å². The molecule has 0 aliphatic heterocycles. The maximum absolute atomic E-state index is 11.4. The largest absolute Gasteiger partial charge is 0.415 e. The van der Waals surface area contributed by atoms with Crippen molar-refractivity contribution in [2.75, 3.05) is 12.8 Å². The first-order chi connectivity index (χ1) is 4.42. The summed E-state index contributed by atoms with van der Waals surface area (Å²) in [6.07, 6.45) is -1.10. The molecule has 0 aliphatic rings. The average Bonchev–Trinajstić information content (AvgIpc) is 1.59. The van der Waals surface area contributed by atoms with E-state index in [0.29, 0.717) is 0 Å². The third-order valence-corrected chi connectivity index (χ3v) is 1.62. The molecule has 0 fully saturated rings. The summed E-state index contributed by atoms with van der Waals surface area (Å²) in [5.41, 5.74) is 0. The molecule has 0 atom stereocenters. The molecule has 0 aromatic heterocycles. The third kappa shape index (κ3) is 8.34. The summed E-state index contributed by atoms with van der Waals surface area (Å²) in [4.78, 5) is 0. The minimum atomic E-state index is -5.17. The van der Waals surface area contributed by atoms with Crippen LogP contribution >= 0.6 is 16.5 Å². The predicted octanol–water partition coefficient (Wildman–Crippen LogP) is 3.30. The van der Waals surface area contributed by atoms with Gasteiger partial charge in [-0.2, -0.15) is 16.8 Å². The van der Waals surface area contributed by atoms with Gasteiger partial charge < -0.3 is 4.52 Å². The fourth-order valence-corrected chi connectivity index (χ4v) is 0.893. The fraction of sp³-hybridized carbons (Fsp3) is 1.00. The molecule has 62 valence electrons. The van der Waals surface area contributed by atoms with Crippen molar-refractivity contribution in [1.82, 2.24) is 0 Å². The first-order valence-electron chi connectivity index (χ1n) is 2.15. The summed E-state index contributed by atoms with van der Waals surface area (Å²) >= 11 is 0. The standard InChI is InChI=1S/C2H4F4O2P2/c3-9(4)8-1-2-10(5,6)7/h1-2H2. The molecule has 0 aliphatic carbocycles. The summed E-state index contributed by atoms with van der Waals surface area (Å²) in [6, 6.07) is 0. The van der Waals surface area contributed by atoms with E-state index in [1.54, 1.807) is 0 Å². The molecule has 0 spiro atoms. The van der Waals surface area contributed by atoms with E-state index in [1.807, 2.05) is 0 Å². The Hall–Kier alpha value is 0.340. The van der Waals surface area contributed by atoms with Crippen LogP contribution in [0.5, 0.6) is 0 Å². The zero-order valence-electron chi connectivity index (χ0n) is 4.64. The van der Waals surface area contributed by atoms with Gasteiger partial charge in [-0.3, -0.25) is 0 Å². The average molecular weight is 198 g/mol. The summed E-state index contributed by atoms with van der Waals surface area (Å²) in [5, 5.41) is 0. The van der Waals surface area contributed by atoms with Gasteiger partial charge in [-0.15, -0.1) is 0 Å². The fourth-order valence-electron chi connectivity index (χ4n) is 0.216. The molecule has 0 radical (unpaired) electrons. The van der Waals surface area contributed by atoms with Crippen molar-refractivity contribution in [2.45, 2.75) is 0 Å². The lowest BCUT2D eigenvalue weighted by Gasteiger charge is -1.98. The minimum absolute atomic E-state index is 0.844. The summed E-state index contributed by atoms with van der Waals surface area (Å²) in [6.45, 7) is -0.844. The predicted molar refractivity (Wildman–Crippen MR) is 29.8 cm³/mol. The molecule has 0 saturated heterocycles. The Morgan fingerprint density at radius 1 is 1.40 bits per heavy atom. The molecule has 0 unspecified atom stereocenters. The summed E-state index contributed by atoms with van der Waals surface area (Å²) in [7, 11) is -8.78. The van der Waals surface area contributed by atoms with Gasteiger partial charge in [0, 0.05) is 0 Å². The second kappa shape index (κ2) is 4.27. The number of rotatable bonds is 4. The molecule has 0 aromatic carbocycles. The zero-order valence-corrected chi connectivity index (χ0v) is 6.43. The van der Waals surface area contributed by atoms with E-state index >= 15 is 0 Å². The second-order valence-corrected chi connectivity index (χ2v) is 3.58. The van der Waals surface area contributed by atoms with Crippen molar-refractivity contribution in [3.8, 4) is 0 Å². The molecule has 0 aromatic rings. The Morgan fingerprint density at radius 2 is 1.90 bits per heavy atom. The van der Waals surface area contributed by atoms with Crippen molar-refractivity contribution >= 4 is 16.5 Å². The second-order valence-electron chi connectivity index (χ2n) is 1.33. The SMILES string of the molecule is O=P(F)(F)CCOP(F)F. The van der Waals surface area contributed by atoms with Gasteiger partial charge in [0.05, 0.1) is 12.8 Å². The lowest BCUT2D eigenvalue weighted by Crippen LogP contribution is -1.90. The van der Waals surface area contributed by atoms with Crippen LogP contribution in [0.4, 0.5) is 16.8 Å². The van der Waals surface area contributed by atoms with Crippen molar-refractivity contribution < 1.29 is 25.9 Å². The number of hydrogen-bond donors (Lipinski definition) is 0. The molecule has 0 heterocycles. The summed E-state index contributed by atoms with van der Waals surface area (Å²) in [5.74, 6) is 0. The van der Waals surface area contributed by atoms with Gasteiger partial charge in [-0.25, -0.2) is 4.57 Å². The molecule has 0 bridgehead atoms. The molecule has 0 saturated carbocycles. The normalized spacial score (nSPS) is 12.5. The Bertz CT molecular complexity index is 133. The van der Waals surface area contributed by atoms with Gasteiger partial charge in [-0.1, -0.05) is 0 Å². The molecule has 0 amide bonds. The van der Waals surface area contributed by atoms with E-state index in [9.17, 15) is 21.4 Å². The monoisotopic (exact) mass is 198 g/mol. The topological polar surface area (TPSA) is 26.3 Å². The van der Waals surface area contributed by atoms with Crippen LogP contribution in [0.25, 0.3) is 0 Å². The van der Waals surface area contributed by atoms with E-state index in [1.165, 1.54) is 0 Å². The molecular formula is C2H4F4O2P2. The van der Waals surface area contributed by atoms with Crippen LogP contribution in [0.2, 0.25) is 0 Å². The van der Waals surface area contributed by atoms with E-state index < -0.39 is 29.3 Å². The van der Waals surface area contributed by atoms with Crippen molar-refractivity contribution in [1.29, 1.82) is 0 Å². The van der Waals surface area contributed by atoms with E-state index in [2.05, 4.69) is 4.52 Å². The number of halogens is 4. The van der Waals surface area contributed by atoms with Gasteiger partial charge >= 0.3 is 16.5 Å². The third-order valence-electron chi connectivity index (χ3n) is 0.540. The van der Waals surface area contributed by atoms with Crippen LogP contribution in [0.3, 0.4) is 0 Å². The highest BCUT2D eigenvalue weighted by Gasteiger charge is 2.19. The lowest BCUT2D eigenvalue weighted by atomic mass is 10.9. The highest BCUT2D eigenvalue weighted by atomic mass is 31.2. The van der Waals surface area contributed by atoms with Gasteiger partial charge in [0.25, 0.3) is 0 Å². The Labute approximate surface area is 56.2 Å². The lowest BCUT2D eigenvalue weighted by molar-refractivity contribution is 0.325. The highest BCUT2D eigenvalue weighted by Crippen LogP contribution is 2.50. The van der Waals surface area contributed by atoms with Gasteiger partial charge in [0.15, 0.2) is 0 Å². The van der Waals surface area contributed by atoms with Crippen LogP contribution < -0.4 is 0 Å². The zero-order chi connectivity index (χ0) is 8.20. The Balaban J connectivity index is 3.30. The summed E-state index contributed by atoms with van der Waals surface area (Å²) < 4.78 is 58.1. The highest BCUT2D eigenvalue weighted by molar-refractivity contribution is 7.53. The first-order valence-corrected chi connectivity index (χ1v) is 4.86. The molecule has 2 nitrogen and oxygen atoms in total. The smallest absolute Gasteiger partial charge is 0.305 e. The van der Waals surface area contributed by atoms with Gasteiger partial charge in [0.2, 0.25) is 0 Å². The van der Waals surface area contributed by atoms with Crippen molar-refractivity contribution in [3.05, 3.63) is 0 Å². The van der Waals surface area contributed by atoms with Crippen molar-refractivity contribution in [3.63, 3.8) is 0 Å². The van der Waals surface area contributed by atoms with Crippen LogP contribution in [-0.2, 0) is 9.09 Å². The van der Waals surface area contributed by atoms with Crippen LogP contribution in [0, 0.1) is 0 Å². The molecule has 10 heavy (non-hydrogen) atoms. The van der Waals surface area contributed by atoms with E-state index in [0.717, 1.165) is 0 Å². The van der Waals surface area contributed by atoms with Gasteiger partial charge in [0.1, 0.15) is 0 Å². The van der Waals surface area contributed by atoms with Crippen LogP contribution in [0.15, 0.2) is 0 Å². The van der Waals surface area contributed by atoms with Crippen LogP contribution in [-0.4, -0.2) is 12.8 Å². The molecule has 0 N–H and O–H groups in total. The molecular weight excluding hydrogens is 194 g/mol. The molecule has 8 heteroatoms. The Kier molecular flexibility index (Phi) is 4.41. The maximum atomic E-state index is 11.4. The van der Waals surface area contributed by atoms with Crippen molar-refractivity contribution in [2.24, 2.45) is 0 Å². The molecule has 0 rings (SSSR count). The van der Waals surface area contributed by atoms with Crippen LogP contribution in [0.1, 0.15) is 0 Å².